The van der Waals surface area contributed by atoms with E-state index >= 15 is 0 Å². The predicted molar refractivity (Wildman–Crippen MR) is 127 cm³/mol. The van der Waals surface area contributed by atoms with Crippen molar-refractivity contribution in [3.63, 3.8) is 0 Å². The number of rotatable bonds is 4. The molecule has 2 heterocycles. The zero-order valence-electron chi connectivity index (χ0n) is 16.3. The van der Waals surface area contributed by atoms with Crippen LogP contribution in [0.15, 0.2) is 95.9 Å². The lowest BCUT2D eigenvalue weighted by Crippen LogP contribution is -2.13. The summed E-state index contributed by atoms with van der Waals surface area (Å²) < 4.78 is 28.3. The van der Waals surface area contributed by atoms with Crippen LogP contribution >= 0.6 is 11.6 Å². The standard InChI is InChI=1S/C25H17ClN2O2S/c26-24-16-14-21-22-17-19(12-11-18-7-3-1-4-8-18)13-15-23(22)28(25(21)27-24)31(29,30)20-9-5-2-6-10-20/h1-17H. The monoisotopic (exact) mass is 444 g/mol. The average molecular weight is 445 g/mol. The molecule has 0 radical (unpaired) electrons. The van der Waals surface area contributed by atoms with Crippen molar-refractivity contribution < 1.29 is 8.42 Å². The summed E-state index contributed by atoms with van der Waals surface area (Å²) in [6.45, 7) is 0. The summed E-state index contributed by atoms with van der Waals surface area (Å²) in [5, 5.41) is 1.77. The lowest BCUT2D eigenvalue weighted by atomic mass is 10.1. The van der Waals surface area contributed by atoms with E-state index in [0.717, 1.165) is 21.9 Å². The number of pyridine rings is 1. The van der Waals surface area contributed by atoms with Crippen LogP contribution in [-0.4, -0.2) is 17.4 Å². The van der Waals surface area contributed by atoms with Gasteiger partial charge in [0.25, 0.3) is 10.0 Å². The fourth-order valence-corrected chi connectivity index (χ4v) is 5.29. The molecule has 152 valence electrons. The normalized spacial score (nSPS) is 12.2. The van der Waals surface area contributed by atoms with E-state index in [1.807, 2.05) is 66.7 Å². The first kappa shape index (κ1) is 19.5. The molecule has 0 aliphatic carbocycles. The fraction of sp³-hybridized carbons (Fsp3) is 0. The summed E-state index contributed by atoms with van der Waals surface area (Å²) in [6.07, 6.45) is 4.03. The zero-order chi connectivity index (χ0) is 21.4. The lowest BCUT2D eigenvalue weighted by molar-refractivity contribution is 0.590. The Morgan fingerprint density at radius 1 is 0.742 bits per heavy atom. The molecule has 0 spiro atoms. The van der Waals surface area contributed by atoms with Crippen molar-refractivity contribution >= 4 is 55.7 Å². The molecule has 31 heavy (non-hydrogen) atoms. The molecule has 0 bridgehead atoms. The highest BCUT2D eigenvalue weighted by Gasteiger charge is 2.24. The Hall–Kier alpha value is -3.41. The summed E-state index contributed by atoms with van der Waals surface area (Å²) in [6, 6.07) is 27.5. The molecule has 5 rings (SSSR count). The molecule has 0 amide bonds. The van der Waals surface area contributed by atoms with Crippen LogP contribution in [0.4, 0.5) is 0 Å². The Labute approximate surface area is 185 Å². The molecular weight excluding hydrogens is 428 g/mol. The van der Waals surface area contributed by atoms with Crippen molar-refractivity contribution in [2.75, 3.05) is 0 Å². The number of aromatic nitrogens is 2. The third kappa shape index (κ3) is 3.52. The number of hydrogen-bond acceptors (Lipinski definition) is 3. The molecule has 0 fully saturated rings. The number of nitrogens with zero attached hydrogens (tertiary/aromatic N) is 2. The molecule has 5 aromatic rings. The van der Waals surface area contributed by atoms with Crippen molar-refractivity contribution in [1.82, 2.24) is 8.96 Å². The van der Waals surface area contributed by atoms with Crippen molar-refractivity contribution in [3.05, 3.63) is 107 Å². The maximum absolute atomic E-state index is 13.5. The number of benzene rings is 3. The van der Waals surface area contributed by atoms with Crippen LogP contribution in [0.2, 0.25) is 5.15 Å². The van der Waals surface area contributed by atoms with Gasteiger partial charge >= 0.3 is 0 Å². The molecule has 0 saturated heterocycles. The zero-order valence-corrected chi connectivity index (χ0v) is 17.9. The van der Waals surface area contributed by atoms with Crippen LogP contribution in [0.1, 0.15) is 11.1 Å². The Kier molecular flexibility index (Phi) is 4.85. The first-order valence-electron chi connectivity index (χ1n) is 9.68. The van der Waals surface area contributed by atoms with Gasteiger partial charge in [0.05, 0.1) is 10.4 Å². The number of halogens is 1. The van der Waals surface area contributed by atoms with E-state index in [-0.39, 0.29) is 10.0 Å². The number of hydrogen-bond donors (Lipinski definition) is 0. The molecule has 0 unspecified atom stereocenters. The second-order valence-corrected chi connectivity index (χ2v) is 9.28. The van der Waals surface area contributed by atoms with E-state index in [0.29, 0.717) is 11.2 Å². The van der Waals surface area contributed by atoms with Crippen molar-refractivity contribution in [2.24, 2.45) is 0 Å². The van der Waals surface area contributed by atoms with Gasteiger partial charge in [0.15, 0.2) is 5.65 Å². The Balaban J connectivity index is 1.74. The van der Waals surface area contributed by atoms with Gasteiger partial charge in [-0.15, -0.1) is 0 Å². The molecule has 0 N–H and O–H groups in total. The van der Waals surface area contributed by atoms with Gasteiger partial charge in [-0.1, -0.05) is 78.4 Å². The maximum atomic E-state index is 13.5. The molecule has 0 atom stereocenters. The minimum absolute atomic E-state index is 0.198. The van der Waals surface area contributed by atoms with Gasteiger partial charge in [0, 0.05) is 10.8 Å². The predicted octanol–water partition coefficient (Wildman–Crippen LogP) is 6.25. The van der Waals surface area contributed by atoms with Crippen molar-refractivity contribution in [1.29, 1.82) is 0 Å². The van der Waals surface area contributed by atoms with E-state index in [9.17, 15) is 8.42 Å². The van der Waals surface area contributed by atoms with Gasteiger partial charge in [-0.2, -0.15) is 0 Å². The minimum atomic E-state index is -3.86. The molecular formula is C25H17ClN2O2S. The van der Waals surface area contributed by atoms with Gasteiger partial charge in [0.1, 0.15) is 5.15 Å². The van der Waals surface area contributed by atoms with E-state index in [1.54, 1.807) is 36.4 Å². The summed E-state index contributed by atoms with van der Waals surface area (Å²) in [5.41, 5.74) is 2.92. The summed E-state index contributed by atoms with van der Waals surface area (Å²) in [4.78, 5) is 4.56. The lowest BCUT2D eigenvalue weighted by Gasteiger charge is -2.08. The molecule has 6 heteroatoms. The molecule has 0 saturated carbocycles. The van der Waals surface area contributed by atoms with Gasteiger partial charge in [-0.3, -0.25) is 0 Å². The second-order valence-electron chi connectivity index (χ2n) is 7.11. The average Bonchev–Trinajstić information content (AvgIpc) is 3.12. The molecule has 0 aliphatic heterocycles. The number of fused-ring (bicyclic) bond motifs is 3. The first-order valence-corrected chi connectivity index (χ1v) is 11.5. The Morgan fingerprint density at radius 3 is 2.16 bits per heavy atom. The second kappa shape index (κ2) is 7.69. The molecule has 3 aromatic carbocycles. The quantitative estimate of drug-likeness (QED) is 0.243. The first-order chi connectivity index (χ1) is 15.0. The molecule has 2 aromatic heterocycles. The van der Waals surface area contributed by atoms with E-state index < -0.39 is 10.0 Å². The topological polar surface area (TPSA) is 52.0 Å². The fourth-order valence-electron chi connectivity index (χ4n) is 3.65. The van der Waals surface area contributed by atoms with Gasteiger partial charge in [0.2, 0.25) is 0 Å². The highest BCUT2D eigenvalue weighted by molar-refractivity contribution is 7.90. The highest BCUT2D eigenvalue weighted by atomic mass is 35.5. The SMILES string of the molecule is O=S(=O)(c1ccccc1)n1c2ccc(C=Cc3ccccc3)cc2c2ccc(Cl)nc21. The Bertz CT molecular complexity index is 1540. The molecule has 4 nitrogen and oxygen atoms in total. The third-order valence-electron chi connectivity index (χ3n) is 5.11. The third-order valence-corrected chi connectivity index (χ3v) is 7.04. The van der Waals surface area contributed by atoms with Crippen LogP contribution in [0.3, 0.4) is 0 Å². The van der Waals surface area contributed by atoms with Crippen molar-refractivity contribution in [2.45, 2.75) is 4.90 Å². The maximum Gasteiger partial charge on any atom is 0.269 e. The smallest absolute Gasteiger partial charge is 0.217 e. The van der Waals surface area contributed by atoms with Crippen LogP contribution in [0, 0.1) is 0 Å². The van der Waals surface area contributed by atoms with E-state index in [1.165, 1.54) is 3.97 Å². The largest absolute Gasteiger partial charge is 0.269 e. The van der Waals surface area contributed by atoms with Crippen LogP contribution in [-0.2, 0) is 10.0 Å². The summed E-state index contributed by atoms with van der Waals surface area (Å²) in [5.74, 6) is 0. The Morgan fingerprint density at radius 2 is 1.42 bits per heavy atom. The van der Waals surface area contributed by atoms with E-state index in [2.05, 4.69) is 4.98 Å². The van der Waals surface area contributed by atoms with Crippen LogP contribution in [0.25, 0.3) is 34.1 Å². The minimum Gasteiger partial charge on any atom is -0.217 e. The van der Waals surface area contributed by atoms with Crippen molar-refractivity contribution in [3.8, 4) is 0 Å². The highest BCUT2D eigenvalue weighted by Crippen LogP contribution is 2.33. The van der Waals surface area contributed by atoms with Gasteiger partial charge in [-0.05, 0) is 47.5 Å². The van der Waals surface area contributed by atoms with Crippen LogP contribution < -0.4 is 0 Å². The van der Waals surface area contributed by atoms with Gasteiger partial charge in [-0.25, -0.2) is 17.4 Å². The van der Waals surface area contributed by atoms with Gasteiger partial charge < -0.3 is 0 Å². The summed E-state index contributed by atoms with van der Waals surface area (Å²) >= 11 is 6.13. The van der Waals surface area contributed by atoms with Crippen LogP contribution in [0.5, 0.6) is 0 Å². The molecule has 0 aliphatic rings. The van der Waals surface area contributed by atoms with E-state index in [4.69, 9.17) is 11.6 Å². The summed E-state index contributed by atoms with van der Waals surface area (Å²) in [7, 11) is -3.86.